The van der Waals surface area contributed by atoms with E-state index in [4.69, 9.17) is 0 Å². The number of hydrogen-bond acceptors (Lipinski definition) is 3. The summed E-state index contributed by atoms with van der Waals surface area (Å²) in [7, 11) is 0. The van der Waals surface area contributed by atoms with E-state index in [0.29, 0.717) is 16.9 Å². The van der Waals surface area contributed by atoms with Crippen molar-refractivity contribution in [2.24, 2.45) is 0 Å². The van der Waals surface area contributed by atoms with E-state index in [2.05, 4.69) is 20.3 Å². The summed E-state index contributed by atoms with van der Waals surface area (Å²) in [5, 5.41) is 2.66. The van der Waals surface area contributed by atoms with Crippen LogP contribution in [-0.4, -0.2) is 15.0 Å². The fourth-order valence-corrected chi connectivity index (χ4v) is 1.98. The molecule has 0 saturated heterocycles. The van der Waals surface area contributed by atoms with Crippen molar-refractivity contribution in [2.45, 2.75) is 6.18 Å². The molecule has 2 aromatic heterocycles. The van der Waals surface area contributed by atoms with Crippen LogP contribution in [0.25, 0.3) is 11.2 Å². The van der Waals surface area contributed by atoms with Crippen LogP contribution in [0.1, 0.15) is 5.56 Å². The third-order valence-corrected chi connectivity index (χ3v) is 2.88. The molecule has 3 aromatic rings. The number of nitrogens with zero attached hydrogens (tertiary/aromatic N) is 1. The summed E-state index contributed by atoms with van der Waals surface area (Å²) in [5.74, 6) is 0. The molecule has 0 spiro atoms. The molecule has 21 heavy (non-hydrogen) atoms. The lowest BCUT2D eigenvalue weighted by Crippen LogP contribution is -2.08. The van der Waals surface area contributed by atoms with Crippen molar-refractivity contribution in [3.8, 4) is 0 Å². The van der Waals surface area contributed by atoms with Crippen molar-refractivity contribution < 1.29 is 13.2 Å². The molecule has 0 unspecified atom stereocenters. The second-order valence-electron chi connectivity index (χ2n) is 4.37. The van der Waals surface area contributed by atoms with E-state index in [1.807, 2.05) is 0 Å². The predicted molar refractivity (Wildman–Crippen MR) is 71.4 cm³/mol. The van der Waals surface area contributed by atoms with E-state index in [1.165, 1.54) is 30.5 Å². The Hall–Kier alpha value is -2.77. The molecule has 1 aromatic carbocycles. The Balaban J connectivity index is 2.00. The van der Waals surface area contributed by atoms with Gasteiger partial charge in [-0.15, -0.1) is 0 Å². The number of anilines is 2. The second kappa shape index (κ2) is 4.65. The number of aromatic amines is 2. The van der Waals surface area contributed by atoms with Crippen LogP contribution in [-0.2, 0) is 6.18 Å². The maximum Gasteiger partial charge on any atom is 0.418 e. The lowest BCUT2D eigenvalue weighted by atomic mass is 10.1. The number of aromatic nitrogens is 3. The van der Waals surface area contributed by atoms with E-state index < -0.39 is 17.4 Å². The first-order valence-electron chi connectivity index (χ1n) is 5.95. The van der Waals surface area contributed by atoms with Gasteiger partial charge in [-0.1, -0.05) is 12.1 Å². The van der Waals surface area contributed by atoms with Gasteiger partial charge < -0.3 is 10.3 Å². The van der Waals surface area contributed by atoms with Crippen LogP contribution >= 0.6 is 0 Å². The Morgan fingerprint density at radius 1 is 1.14 bits per heavy atom. The van der Waals surface area contributed by atoms with E-state index >= 15 is 0 Å². The van der Waals surface area contributed by atoms with Gasteiger partial charge in [0.15, 0.2) is 5.65 Å². The van der Waals surface area contributed by atoms with Crippen molar-refractivity contribution in [1.82, 2.24) is 15.0 Å². The number of fused-ring (bicyclic) bond motifs is 1. The molecule has 0 aliphatic rings. The van der Waals surface area contributed by atoms with Gasteiger partial charge in [0, 0.05) is 0 Å². The van der Waals surface area contributed by atoms with Gasteiger partial charge in [0.2, 0.25) is 0 Å². The van der Waals surface area contributed by atoms with Crippen molar-refractivity contribution in [3.63, 3.8) is 0 Å². The van der Waals surface area contributed by atoms with E-state index in [1.54, 1.807) is 0 Å². The topological polar surface area (TPSA) is 73.6 Å². The number of rotatable bonds is 2. The maximum atomic E-state index is 12.9. The maximum absolute atomic E-state index is 12.9. The molecular formula is C13H9F3N4O. The zero-order chi connectivity index (χ0) is 15.0. The molecule has 0 aliphatic heterocycles. The third kappa shape index (κ3) is 2.60. The molecule has 108 valence electrons. The fraction of sp³-hybridized carbons (Fsp3) is 0.0769. The Morgan fingerprint density at radius 2 is 1.90 bits per heavy atom. The van der Waals surface area contributed by atoms with Crippen LogP contribution in [0, 0.1) is 0 Å². The summed E-state index contributed by atoms with van der Waals surface area (Å²) in [4.78, 5) is 20.0. The van der Waals surface area contributed by atoms with Crippen LogP contribution in [0.2, 0.25) is 0 Å². The second-order valence-corrected chi connectivity index (χ2v) is 4.37. The summed E-state index contributed by atoms with van der Waals surface area (Å²) in [6, 6.07) is 6.65. The zero-order valence-corrected chi connectivity index (χ0v) is 10.5. The van der Waals surface area contributed by atoms with Crippen molar-refractivity contribution >= 4 is 22.5 Å². The minimum atomic E-state index is -4.45. The lowest BCUT2D eigenvalue weighted by Gasteiger charge is -2.14. The van der Waals surface area contributed by atoms with Gasteiger partial charge in [-0.05, 0) is 18.2 Å². The highest BCUT2D eigenvalue weighted by Gasteiger charge is 2.33. The highest BCUT2D eigenvalue weighted by atomic mass is 19.4. The largest absolute Gasteiger partial charge is 0.418 e. The van der Waals surface area contributed by atoms with Gasteiger partial charge in [-0.25, -0.2) is 9.78 Å². The molecule has 0 radical (unpaired) electrons. The smallest absolute Gasteiger partial charge is 0.354 e. The molecule has 0 aliphatic carbocycles. The van der Waals surface area contributed by atoms with Crippen molar-refractivity contribution in [3.05, 3.63) is 52.6 Å². The summed E-state index contributed by atoms with van der Waals surface area (Å²) < 4.78 is 38.7. The molecule has 0 atom stereocenters. The summed E-state index contributed by atoms with van der Waals surface area (Å²) in [6.45, 7) is 0. The lowest BCUT2D eigenvalue weighted by molar-refractivity contribution is -0.136. The van der Waals surface area contributed by atoms with Crippen LogP contribution in [0.4, 0.5) is 24.5 Å². The average molecular weight is 294 g/mol. The van der Waals surface area contributed by atoms with Gasteiger partial charge in [-0.3, -0.25) is 4.98 Å². The number of nitrogens with one attached hydrogen (secondary N) is 3. The van der Waals surface area contributed by atoms with Gasteiger partial charge in [0.25, 0.3) is 0 Å². The standard InChI is InChI=1S/C13H9F3N4O/c14-13(15,16)8-3-1-2-4-9(8)18-7-5-10-11(17-6-7)20-12(21)19-10/h1-6,18H,(H2,17,19,20,21). The zero-order valence-electron chi connectivity index (χ0n) is 10.5. The van der Waals surface area contributed by atoms with Crippen molar-refractivity contribution in [2.75, 3.05) is 5.32 Å². The predicted octanol–water partition coefficient (Wildman–Crippen LogP) is 3.01. The Bertz CT molecular complexity index is 850. The molecule has 0 amide bonds. The van der Waals surface area contributed by atoms with Crippen LogP contribution < -0.4 is 11.0 Å². The average Bonchev–Trinajstić information content (AvgIpc) is 2.77. The van der Waals surface area contributed by atoms with Crippen LogP contribution in [0.5, 0.6) is 0 Å². The number of para-hydroxylation sites is 1. The number of imidazole rings is 1. The highest BCUT2D eigenvalue weighted by molar-refractivity contribution is 5.76. The molecule has 0 saturated carbocycles. The minimum Gasteiger partial charge on any atom is -0.354 e. The van der Waals surface area contributed by atoms with E-state index in [9.17, 15) is 18.0 Å². The Kier molecular flexibility index (Phi) is 2.93. The van der Waals surface area contributed by atoms with Gasteiger partial charge in [0.1, 0.15) is 0 Å². The molecule has 3 N–H and O–H groups in total. The van der Waals surface area contributed by atoms with Crippen LogP contribution in [0.3, 0.4) is 0 Å². The summed E-state index contributed by atoms with van der Waals surface area (Å²) in [6.07, 6.45) is -3.11. The first kappa shape index (κ1) is 13.2. The number of halogens is 3. The Morgan fingerprint density at radius 3 is 2.67 bits per heavy atom. The molecule has 2 heterocycles. The van der Waals surface area contributed by atoms with E-state index in [-0.39, 0.29) is 5.69 Å². The van der Waals surface area contributed by atoms with Gasteiger partial charge in [-0.2, -0.15) is 13.2 Å². The van der Waals surface area contributed by atoms with Crippen molar-refractivity contribution in [1.29, 1.82) is 0 Å². The molecule has 5 nitrogen and oxygen atoms in total. The quantitative estimate of drug-likeness (QED) is 0.680. The molecule has 0 bridgehead atoms. The third-order valence-electron chi connectivity index (χ3n) is 2.88. The molecule has 8 heteroatoms. The molecule has 0 fully saturated rings. The first-order valence-corrected chi connectivity index (χ1v) is 5.95. The number of benzene rings is 1. The normalized spacial score (nSPS) is 11.8. The summed E-state index contributed by atoms with van der Waals surface area (Å²) in [5.41, 5.74) is -0.180. The van der Waals surface area contributed by atoms with Crippen LogP contribution in [0.15, 0.2) is 41.3 Å². The Labute approximate surface area is 115 Å². The number of alkyl halides is 3. The fourth-order valence-electron chi connectivity index (χ4n) is 1.98. The number of H-pyrrole nitrogens is 2. The number of pyridine rings is 1. The molecule has 3 rings (SSSR count). The first-order chi connectivity index (χ1) is 9.93. The van der Waals surface area contributed by atoms with E-state index in [0.717, 1.165) is 6.07 Å². The highest BCUT2D eigenvalue weighted by Crippen LogP contribution is 2.35. The van der Waals surface area contributed by atoms with Gasteiger partial charge >= 0.3 is 11.9 Å². The number of hydrogen-bond donors (Lipinski definition) is 3. The monoisotopic (exact) mass is 294 g/mol. The SMILES string of the molecule is O=c1[nH]c2cc(Nc3ccccc3C(F)(F)F)cnc2[nH]1. The summed E-state index contributed by atoms with van der Waals surface area (Å²) >= 11 is 0. The minimum absolute atomic E-state index is 0.0796. The molecular weight excluding hydrogens is 285 g/mol. The van der Waals surface area contributed by atoms with Gasteiger partial charge in [0.05, 0.1) is 28.7 Å².